The fourth-order valence-electron chi connectivity index (χ4n) is 6.54. The number of amides is 2. The number of hydrogen-bond acceptors (Lipinski definition) is 8. The molecule has 2 aliphatic heterocycles. The highest BCUT2D eigenvalue weighted by Gasteiger charge is 2.66. The molecule has 2 aromatic carbocycles. The Balaban J connectivity index is 1.41. The summed E-state index contributed by atoms with van der Waals surface area (Å²) in [5.74, 6) is -4.81. The zero-order chi connectivity index (χ0) is 29.3. The molecule has 10 nitrogen and oxygen atoms in total. The van der Waals surface area contributed by atoms with E-state index in [0.29, 0.717) is 40.6 Å². The maximum absolute atomic E-state index is 13.7. The molecule has 2 amide bonds. The van der Waals surface area contributed by atoms with E-state index in [-0.39, 0.29) is 49.3 Å². The van der Waals surface area contributed by atoms with Crippen LogP contribution in [0.4, 0.5) is 0 Å². The first-order chi connectivity index (χ1) is 19.6. The quantitative estimate of drug-likeness (QED) is 0.182. The molecule has 3 aliphatic rings. The molecule has 11 heteroatoms. The standard InChI is InChI=1S/C30H34INO9/c1-39-24-13-17(12-22(31)27(24)35)23-15-21-26-20(28(36)32(29(26)37)11-7-3-6-10-25(33)34)14-18(30(21,38)41-23)16-40-19-8-4-2-5-9-19/h2,4-5,8-9,12-13,18,20-21,23,26,35,38H,3,6-7,10-11,14-16H2,1H3,(H,33,34)/t18-,20+,21+,23+,26+,30-/m1/s1. The molecule has 41 heavy (non-hydrogen) atoms. The van der Waals surface area contributed by atoms with Gasteiger partial charge in [-0.25, -0.2) is 0 Å². The minimum Gasteiger partial charge on any atom is -0.504 e. The van der Waals surface area contributed by atoms with Crippen molar-refractivity contribution < 1.29 is 43.9 Å². The lowest BCUT2D eigenvalue weighted by Crippen LogP contribution is -2.55. The van der Waals surface area contributed by atoms with E-state index in [0.717, 1.165) is 0 Å². The van der Waals surface area contributed by atoms with Crippen LogP contribution in [0.25, 0.3) is 0 Å². The van der Waals surface area contributed by atoms with Crippen LogP contribution < -0.4 is 9.47 Å². The van der Waals surface area contributed by atoms with Crippen molar-refractivity contribution in [2.45, 2.75) is 50.4 Å². The topological polar surface area (TPSA) is 143 Å². The molecule has 3 fully saturated rings. The third-order valence-electron chi connectivity index (χ3n) is 8.56. The first kappa shape index (κ1) is 29.6. The van der Waals surface area contributed by atoms with Gasteiger partial charge < -0.3 is 29.5 Å². The summed E-state index contributed by atoms with van der Waals surface area (Å²) in [7, 11) is 1.46. The normalized spacial score (nSPS) is 28.9. The van der Waals surface area contributed by atoms with E-state index in [9.17, 15) is 24.6 Å². The van der Waals surface area contributed by atoms with E-state index in [4.69, 9.17) is 19.3 Å². The highest BCUT2D eigenvalue weighted by molar-refractivity contribution is 14.1. The number of phenolic OH excluding ortho intramolecular Hbond substituents is 1. The number of methoxy groups -OCH3 is 1. The van der Waals surface area contributed by atoms with Gasteiger partial charge in [0.1, 0.15) is 5.75 Å². The Bertz CT molecular complexity index is 1300. The number of aliphatic carboxylic acids is 1. The lowest BCUT2D eigenvalue weighted by molar-refractivity contribution is -0.272. The number of aromatic hydroxyl groups is 1. The van der Waals surface area contributed by atoms with Crippen molar-refractivity contribution in [3.8, 4) is 17.2 Å². The van der Waals surface area contributed by atoms with Crippen molar-refractivity contribution in [3.05, 3.63) is 51.6 Å². The molecular weight excluding hydrogens is 645 g/mol. The number of carboxylic acids is 1. The average molecular weight is 680 g/mol. The number of imide groups is 1. The van der Waals surface area contributed by atoms with E-state index in [1.54, 1.807) is 12.1 Å². The number of likely N-dealkylation sites (tertiary alicyclic amines) is 1. The van der Waals surface area contributed by atoms with Gasteiger partial charge in [0.25, 0.3) is 0 Å². The number of rotatable bonds is 11. The Hall–Kier alpha value is -2.90. The second-order valence-electron chi connectivity index (χ2n) is 11.0. The second-order valence-corrected chi connectivity index (χ2v) is 12.1. The first-order valence-electron chi connectivity index (χ1n) is 13.9. The van der Waals surface area contributed by atoms with E-state index < -0.39 is 41.5 Å². The number of unbranched alkanes of at least 4 members (excludes halogenated alkanes) is 2. The molecule has 6 atom stereocenters. The largest absolute Gasteiger partial charge is 0.504 e. The predicted octanol–water partition coefficient (Wildman–Crippen LogP) is 4.12. The van der Waals surface area contributed by atoms with Gasteiger partial charge in [-0.2, -0.15) is 0 Å². The predicted molar refractivity (Wildman–Crippen MR) is 154 cm³/mol. The van der Waals surface area contributed by atoms with E-state index in [1.807, 2.05) is 52.9 Å². The molecule has 0 bridgehead atoms. The summed E-state index contributed by atoms with van der Waals surface area (Å²) in [6, 6.07) is 12.6. The van der Waals surface area contributed by atoms with Gasteiger partial charge in [-0.3, -0.25) is 19.3 Å². The van der Waals surface area contributed by atoms with Crippen LogP contribution in [-0.2, 0) is 19.1 Å². The molecule has 1 saturated carbocycles. The number of nitrogens with zero attached hydrogens (tertiary/aromatic N) is 1. The summed E-state index contributed by atoms with van der Waals surface area (Å²) < 4.78 is 18.3. The zero-order valence-electron chi connectivity index (χ0n) is 22.7. The molecule has 1 aliphatic carbocycles. The Kier molecular flexibility index (Phi) is 8.76. The molecular formula is C30H34INO9. The van der Waals surface area contributed by atoms with Gasteiger partial charge >= 0.3 is 5.97 Å². The average Bonchev–Trinajstić information content (AvgIpc) is 3.43. The fraction of sp³-hybridized carbons (Fsp3) is 0.500. The van der Waals surface area contributed by atoms with Gasteiger partial charge in [0.15, 0.2) is 17.3 Å². The van der Waals surface area contributed by atoms with Crippen molar-refractivity contribution in [2.75, 3.05) is 20.3 Å². The number of phenols is 1. The molecule has 0 aromatic heterocycles. The smallest absolute Gasteiger partial charge is 0.303 e. The number of carboxylic acid groups (broad SMARTS) is 1. The molecule has 0 unspecified atom stereocenters. The van der Waals surface area contributed by atoms with Gasteiger partial charge in [-0.1, -0.05) is 24.6 Å². The van der Waals surface area contributed by atoms with Gasteiger partial charge in [-0.05, 0) is 78.1 Å². The summed E-state index contributed by atoms with van der Waals surface area (Å²) in [6.07, 6.45) is 1.56. The van der Waals surface area contributed by atoms with Crippen LogP contribution in [0.5, 0.6) is 17.2 Å². The van der Waals surface area contributed by atoms with Crippen molar-refractivity contribution in [2.24, 2.45) is 23.7 Å². The van der Waals surface area contributed by atoms with Gasteiger partial charge in [0.05, 0.1) is 35.2 Å². The summed E-state index contributed by atoms with van der Waals surface area (Å²) in [5.41, 5.74) is 0.693. The number of ether oxygens (including phenoxy) is 3. The molecule has 2 aromatic rings. The number of aliphatic hydroxyl groups is 1. The number of carbonyl (C=O) groups is 3. The maximum atomic E-state index is 13.7. The Labute approximate surface area is 251 Å². The van der Waals surface area contributed by atoms with Crippen LogP contribution >= 0.6 is 22.6 Å². The van der Waals surface area contributed by atoms with Crippen molar-refractivity contribution >= 4 is 40.4 Å². The van der Waals surface area contributed by atoms with E-state index >= 15 is 0 Å². The van der Waals surface area contributed by atoms with E-state index in [2.05, 4.69) is 0 Å². The summed E-state index contributed by atoms with van der Waals surface area (Å²) in [5, 5.41) is 31.4. The number of para-hydroxylation sites is 1. The van der Waals surface area contributed by atoms with Crippen LogP contribution in [0.15, 0.2) is 42.5 Å². The highest BCUT2D eigenvalue weighted by atomic mass is 127. The molecule has 2 saturated heterocycles. The molecule has 3 N–H and O–H groups in total. The maximum Gasteiger partial charge on any atom is 0.303 e. The molecule has 0 radical (unpaired) electrons. The van der Waals surface area contributed by atoms with Crippen molar-refractivity contribution in [3.63, 3.8) is 0 Å². The summed E-state index contributed by atoms with van der Waals surface area (Å²) in [4.78, 5) is 39.4. The molecule has 0 spiro atoms. The van der Waals surface area contributed by atoms with Gasteiger partial charge in [0.2, 0.25) is 11.8 Å². The Morgan fingerprint density at radius 2 is 1.88 bits per heavy atom. The molecule has 5 rings (SSSR count). The molecule has 220 valence electrons. The summed E-state index contributed by atoms with van der Waals surface area (Å²) in [6.45, 7) is 0.318. The summed E-state index contributed by atoms with van der Waals surface area (Å²) >= 11 is 2.00. The monoisotopic (exact) mass is 679 g/mol. The van der Waals surface area contributed by atoms with Crippen LogP contribution in [0, 0.1) is 27.2 Å². The second kappa shape index (κ2) is 12.1. The van der Waals surface area contributed by atoms with Crippen molar-refractivity contribution in [1.29, 1.82) is 0 Å². The third kappa shape index (κ3) is 5.76. The van der Waals surface area contributed by atoms with E-state index in [1.165, 1.54) is 12.0 Å². The lowest BCUT2D eigenvalue weighted by Gasteiger charge is -2.44. The Morgan fingerprint density at radius 1 is 1.12 bits per heavy atom. The number of hydrogen-bond donors (Lipinski definition) is 3. The number of fused-ring (bicyclic) bond motifs is 3. The van der Waals surface area contributed by atoms with Gasteiger partial charge in [0, 0.05) is 24.8 Å². The number of benzene rings is 2. The lowest BCUT2D eigenvalue weighted by atomic mass is 9.64. The number of halogens is 1. The first-order valence-corrected chi connectivity index (χ1v) is 14.9. The minimum absolute atomic E-state index is 0.00994. The Morgan fingerprint density at radius 3 is 2.59 bits per heavy atom. The minimum atomic E-state index is -1.72. The van der Waals surface area contributed by atoms with Gasteiger partial charge in [-0.15, -0.1) is 0 Å². The van der Waals surface area contributed by atoms with Crippen LogP contribution in [0.2, 0.25) is 0 Å². The number of carbonyl (C=O) groups excluding carboxylic acids is 2. The zero-order valence-corrected chi connectivity index (χ0v) is 24.9. The third-order valence-corrected chi connectivity index (χ3v) is 9.39. The molecule has 2 heterocycles. The fourth-order valence-corrected chi connectivity index (χ4v) is 7.16. The van der Waals surface area contributed by atoms with Crippen molar-refractivity contribution in [1.82, 2.24) is 4.90 Å². The van der Waals surface area contributed by atoms with Crippen LogP contribution in [0.1, 0.15) is 50.2 Å². The SMILES string of the molecule is COc1cc([C@@H]2C[C@H]3[C@H]4C(=O)N(CCCCCC(=O)O)C(=O)[C@H]4C[C@H](COc4ccccc4)[C@@]3(O)O2)cc(I)c1O. The van der Waals surface area contributed by atoms with Crippen LogP contribution in [0.3, 0.4) is 0 Å². The van der Waals surface area contributed by atoms with Crippen LogP contribution in [-0.4, -0.2) is 64.1 Å². The highest BCUT2D eigenvalue weighted by Crippen LogP contribution is 2.58.